The molecule has 1 aromatic carbocycles. The van der Waals surface area contributed by atoms with Crippen LogP contribution in [0.15, 0.2) is 29.1 Å². The zero-order valence-corrected chi connectivity index (χ0v) is 16.6. The molecule has 1 atom stereocenters. The fourth-order valence-corrected chi connectivity index (χ4v) is 2.71. The van der Waals surface area contributed by atoms with Crippen molar-refractivity contribution in [2.75, 3.05) is 0 Å². The lowest BCUT2D eigenvalue weighted by atomic mass is 10.1. The first-order valence-electron chi connectivity index (χ1n) is 8.69. The Kier molecular flexibility index (Phi) is 5.76. The quantitative estimate of drug-likeness (QED) is 0.529. The molecule has 9 nitrogen and oxygen atoms in total. The van der Waals surface area contributed by atoms with Gasteiger partial charge in [-0.25, -0.2) is 14.5 Å². The van der Waals surface area contributed by atoms with E-state index in [-0.39, 0.29) is 24.0 Å². The molecular formula is C17H18ClF3N6O3. The van der Waals surface area contributed by atoms with Crippen molar-refractivity contribution in [3.8, 4) is 11.4 Å². The summed E-state index contributed by atoms with van der Waals surface area (Å²) in [6.45, 7) is 1.67. The second-order valence-corrected chi connectivity index (χ2v) is 7.54. The molecule has 1 unspecified atom stereocenters. The molecule has 0 radical (unpaired) electrons. The minimum absolute atomic E-state index is 0.0791. The number of rotatable bonds is 6. The molecule has 0 spiro atoms. The molecule has 13 heteroatoms. The summed E-state index contributed by atoms with van der Waals surface area (Å²) in [5.41, 5.74) is -1.88. The van der Waals surface area contributed by atoms with Gasteiger partial charge in [0, 0.05) is 10.6 Å². The summed E-state index contributed by atoms with van der Waals surface area (Å²) < 4.78 is 40.2. The summed E-state index contributed by atoms with van der Waals surface area (Å²) in [7, 11) is 0. The molecule has 3 aromatic rings. The fourth-order valence-electron chi connectivity index (χ4n) is 2.58. The zero-order chi connectivity index (χ0) is 22.3. The number of hydrogen-bond acceptors (Lipinski definition) is 6. The monoisotopic (exact) mass is 446 g/mol. The van der Waals surface area contributed by atoms with E-state index in [1.165, 1.54) is 38.1 Å². The molecule has 0 amide bonds. The number of H-pyrrole nitrogens is 1. The van der Waals surface area contributed by atoms with Crippen molar-refractivity contribution in [2.45, 2.75) is 44.8 Å². The van der Waals surface area contributed by atoms with Crippen LogP contribution in [-0.4, -0.2) is 52.0 Å². The van der Waals surface area contributed by atoms with Crippen LogP contribution in [-0.2, 0) is 18.7 Å². The number of aromatic amines is 1. The third-order valence-corrected chi connectivity index (χ3v) is 4.39. The fraction of sp³-hybridized carbons (Fsp3) is 0.412. The maximum Gasteiger partial charge on any atom is 0.416 e. The van der Waals surface area contributed by atoms with Crippen molar-refractivity contribution in [3.05, 3.63) is 51.4 Å². The third-order valence-electron chi connectivity index (χ3n) is 4.14. The van der Waals surface area contributed by atoms with E-state index in [0.717, 1.165) is 9.25 Å². The number of aliphatic hydroxyl groups excluding tert-OH is 1. The van der Waals surface area contributed by atoms with Crippen LogP contribution in [0.4, 0.5) is 13.2 Å². The van der Waals surface area contributed by atoms with Crippen LogP contribution >= 0.6 is 11.6 Å². The predicted octanol–water partition coefficient (Wildman–Crippen LogP) is 1.68. The average molecular weight is 447 g/mol. The molecule has 0 aliphatic rings. The summed E-state index contributed by atoms with van der Waals surface area (Å²) in [6, 6.07) is 5.98. The number of nitrogens with one attached hydrogen (secondary N) is 1. The smallest absolute Gasteiger partial charge is 0.382 e. The Bertz CT molecular complexity index is 1080. The Morgan fingerprint density at radius 2 is 1.87 bits per heavy atom. The molecule has 2 aromatic heterocycles. The first-order chi connectivity index (χ1) is 13.9. The van der Waals surface area contributed by atoms with Gasteiger partial charge in [0.1, 0.15) is 18.0 Å². The van der Waals surface area contributed by atoms with E-state index in [1.807, 2.05) is 0 Å². The third kappa shape index (κ3) is 4.71. The van der Waals surface area contributed by atoms with Gasteiger partial charge >= 0.3 is 11.9 Å². The van der Waals surface area contributed by atoms with Crippen molar-refractivity contribution >= 4 is 11.6 Å². The topological polar surface area (TPSA) is 122 Å². The first kappa shape index (κ1) is 22.0. The van der Waals surface area contributed by atoms with E-state index >= 15 is 0 Å². The van der Waals surface area contributed by atoms with Crippen LogP contribution in [0.2, 0.25) is 5.02 Å². The average Bonchev–Trinajstić information content (AvgIpc) is 3.22. The second-order valence-electron chi connectivity index (χ2n) is 7.10. The standard InChI is InChI=1S/C17H18ClF3N6O3/c1-16(2,30)14-22-12(23-24-14)8-27-15(29)26(7-11(28)17(19,20)21)13(25-27)9-3-5-10(18)6-4-9/h3-6,11,28,30H,7-8H2,1-2H3,(H,22,23,24). The first-order valence-corrected chi connectivity index (χ1v) is 9.06. The van der Waals surface area contributed by atoms with E-state index in [2.05, 4.69) is 20.3 Å². The van der Waals surface area contributed by atoms with E-state index in [9.17, 15) is 28.2 Å². The molecule has 0 fully saturated rings. The highest BCUT2D eigenvalue weighted by Gasteiger charge is 2.39. The lowest BCUT2D eigenvalue weighted by Crippen LogP contribution is -2.37. The van der Waals surface area contributed by atoms with E-state index in [4.69, 9.17) is 11.6 Å². The molecule has 0 aliphatic heterocycles. The molecule has 0 bridgehead atoms. The van der Waals surface area contributed by atoms with Crippen LogP contribution in [0, 0.1) is 0 Å². The highest BCUT2D eigenvalue weighted by molar-refractivity contribution is 6.30. The normalized spacial score (nSPS) is 13.6. The molecule has 30 heavy (non-hydrogen) atoms. The maximum absolute atomic E-state index is 12.9. The second kappa shape index (κ2) is 7.85. The summed E-state index contributed by atoms with van der Waals surface area (Å²) in [5.74, 6) is 0.162. The van der Waals surface area contributed by atoms with Gasteiger partial charge in [-0.1, -0.05) is 11.6 Å². The van der Waals surface area contributed by atoms with Crippen molar-refractivity contribution in [1.82, 2.24) is 29.5 Å². The van der Waals surface area contributed by atoms with Gasteiger partial charge in [-0.3, -0.25) is 9.67 Å². The zero-order valence-electron chi connectivity index (χ0n) is 15.9. The lowest BCUT2D eigenvalue weighted by molar-refractivity contribution is -0.207. The van der Waals surface area contributed by atoms with Crippen LogP contribution in [0.25, 0.3) is 11.4 Å². The molecule has 0 aliphatic carbocycles. The van der Waals surface area contributed by atoms with Crippen LogP contribution in [0.1, 0.15) is 25.5 Å². The van der Waals surface area contributed by atoms with E-state index in [1.54, 1.807) is 0 Å². The van der Waals surface area contributed by atoms with Crippen molar-refractivity contribution in [3.63, 3.8) is 0 Å². The summed E-state index contributed by atoms with van der Waals surface area (Å²) in [5, 5.41) is 30.3. The predicted molar refractivity (Wildman–Crippen MR) is 99.7 cm³/mol. The lowest BCUT2D eigenvalue weighted by Gasteiger charge is -2.15. The summed E-state index contributed by atoms with van der Waals surface area (Å²) in [6.07, 6.45) is -7.67. The molecule has 3 rings (SSSR count). The number of benzene rings is 1. The van der Waals surface area contributed by atoms with Gasteiger partial charge in [0.2, 0.25) is 0 Å². The Hall–Kier alpha value is -2.70. The van der Waals surface area contributed by atoms with Crippen molar-refractivity contribution in [1.29, 1.82) is 0 Å². The van der Waals surface area contributed by atoms with Gasteiger partial charge in [-0.2, -0.15) is 18.3 Å². The van der Waals surface area contributed by atoms with Gasteiger partial charge in [-0.05, 0) is 38.1 Å². The highest BCUT2D eigenvalue weighted by Crippen LogP contribution is 2.24. The minimum Gasteiger partial charge on any atom is -0.382 e. The minimum atomic E-state index is -4.91. The Labute approximate surface area is 172 Å². The van der Waals surface area contributed by atoms with Crippen LogP contribution in [0.3, 0.4) is 0 Å². The molecule has 0 saturated carbocycles. The molecule has 2 heterocycles. The number of hydrogen-bond donors (Lipinski definition) is 3. The number of alkyl halides is 3. The van der Waals surface area contributed by atoms with E-state index < -0.39 is 30.1 Å². The molecule has 3 N–H and O–H groups in total. The Morgan fingerprint density at radius 1 is 1.23 bits per heavy atom. The number of nitrogens with zero attached hydrogens (tertiary/aromatic N) is 5. The number of aliphatic hydroxyl groups is 2. The maximum atomic E-state index is 12.9. The van der Waals surface area contributed by atoms with E-state index in [0.29, 0.717) is 10.6 Å². The van der Waals surface area contributed by atoms with Crippen molar-refractivity contribution < 1.29 is 23.4 Å². The molecule has 0 saturated heterocycles. The number of aromatic nitrogens is 6. The van der Waals surface area contributed by atoms with Gasteiger partial charge in [0.25, 0.3) is 0 Å². The summed E-state index contributed by atoms with van der Waals surface area (Å²) >= 11 is 5.84. The highest BCUT2D eigenvalue weighted by atomic mass is 35.5. The molecular weight excluding hydrogens is 429 g/mol. The van der Waals surface area contributed by atoms with Gasteiger partial charge < -0.3 is 10.2 Å². The van der Waals surface area contributed by atoms with Crippen LogP contribution in [0.5, 0.6) is 0 Å². The number of halogens is 4. The van der Waals surface area contributed by atoms with Gasteiger partial charge in [-0.15, -0.1) is 5.10 Å². The van der Waals surface area contributed by atoms with Gasteiger partial charge in [0.05, 0.1) is 6.54 Å². The van der Waals surface area contributed by atoms with Gasteiger partial charge in [0.15, 0.2) is 17.8 Å². The molecule has 162 valence electrons. The Morgan fingerprint density at radius 3 is 2.40 bits per heavy atom. The van der Waals surface area contributed by atoms with Crippen molar-refractivity contribution in [2.24, 2.45) is 0 Å². The Balaban J connectivity index is 2.02. The largest absolute Gasteiger partial charge is 0.416 e. The summed E-state index contributed by atoms with van der Waals surface area (Å²) in [4.78, 5) is 16.8. The van der Waals surface area contributed by atoms with Crippen LogP contribution < -0.4 is 5.69 Å². The SMILES string of the molecule is CC(C)(O)c1n[nH]c(Cn2nc(-c3ccc(Cl)cc3)n(CC(O)C(F)(F)F)c2=O)n1.